The van der Waals surface area contributed by atoms with Crippen LogP contribution in [0.15, 0.2) is 54.6 Å². The Balaban J connectivity index is 0.00000114. The van der Waals surface area contributed by atoms with Crippen molar-refractivity contribution < 1.29 is 13.2 Å². The highest BCUT2D eigenvalue weighted by Crippen LogP contribution is 2.46. The summed E-state index contributed by atoms with van der Waals surface area (Å²) in [6.45, 7) is 6.59. The summed E-state index contributed by atoms with van der Waals surface area (Å²) in [5, 5.41) is 7.32. The van der Waals surface area contributed by atoms with Crippen LogP contribution in [0.4, 0.5) is 13.2 Å². The van der Waals surface area contributed by atoms with Crippen molar-refractivity contribution in [2.24, 2.45) is 5.92 Å². The van der Waals surface area contributed by atoms with E-state index in [1.807, 2.05) is 30.3 Å². The van der Waals surface area contributed by atoms with Crippen LogP contribution < -0.4 is 0 Å². The summed E-state index contributed by atoms with van der Waals surface area (Å²) >= 11 is 0. The van der Waals surface area contributed by atoms with Crippen LogP contribution in [-0.4, -0.2) is 24.2 Å². The number of alkyl halides is 3. The second-order valence-electron chi connectivity index (χ2n) is 8.46. The summed E-state index contributed by atoms with van der Waals surface area (Å²) in [5.74, 6) is -1.56. The normalized spacial score (nSPS) is 18.5. The van der Waals surface area contributed by atoms with Gasteiger partial charge in [-0.15, -0.1) is 0 Å². The first-order valence-electron chi connectivity index (χ1n) is 11.6. The molecule has 0 aliphatic heterocycles. The highest BCUT2D eigenvalue weighted by Gasteiger charge is 2.45. The predicted octanol–water partition coefficient (Wildman–Crippen LogP) is 7.51. The van der Waals surface area contributed by atoms with Gasteiger partial charge >= 0.3 is 6.18 Å². The molecule has 0 aromatic heterocycles. The number of benzene rings is 2. The van der Waals surface area contributed by atoms with E-state index in [0.717, 1.165) is 44.5 Å². The molecule has 0 heterocycles. The fourth-order valence-electron chi connectivity index (χ4n) is 4.55. The highest BCUT2D eigenvalue weighted by molar-refractivity contribution is 5.27. The van der Waals surface area contributed by atoms with E-state index >= 15 is 0 Å². The fraction of sp³-hybridized carbons (Fsp3) is 0.519. The van der Waals surface area contributed by atoms with Crippen molar-refractivity contribution in [1.29, 1.82) is 5.26 Å². The van der Waals surface area contributed by atoms with Crippen molar-refractivity contribution in [1.82, 2.24) is 4.90 Å². The first-order chi connectivity index (χ1) is 15.4. The van der Waals surface area contributed by atoms with Gasteiger partial charge in [-0.25, -0.2) is 0 Å². The minimum Gasteiger partial charge on any atom is -0.299 e. The molecule has 0 saturated heterocycles. The maximum absolute atomic E-state index is 13.4. The molecule has 5 heteroatoms. The maximum atomic E-state index is 13.4. The van der Waals surface area contributed by atoms with Crippen LogP contribution in [-0.2, 0) is 13.0 Å². The van der Waals surface area contributed by atoms with E-state index < -0.39 is 12.1 Å². The molecule has 0 radical (unpaired) electrons. The van der Waals surface area contributed by atoms with Gasteiger partial charge in [0.25, 0.3) is 0 Å². The van der Waals surface area contributed by atoms with Gasteiger partial charge in [0.15, 0.2) is 0 Å². The topological polar surface area (TPSA) is 27.0 Å². The van der Waals surface area contributed by atoms with Gasteiger partial charge in [-0.2, -0.15) is 18.4 Å². The molecule has 2 atom stereocenters. The molecular weight excluding hydrogens is 409 g/mol. The summed E-state index contributed by atoms with van der Waals surface area (Å²) in [4.78, 5) is 2.43. The molecule has 1 saturated carbocycles. The molecular formula is C27H35F3N2. The number of hydrogen-bond donors (Lipinski definition) is 0. The summed E-state index contributed by atoms with van der Waals surface area (Å²) < 4.78 is 40.2. The zero-order valence-corrected chi connectivity index (χ0v) is 19.2. The Morgan fingerprint density at radius 2 is 1.59 bits per heavy atom. The van der Waals surface area contributed by atoms with Crippen molar-refractivity contribution in [3.63, 3.8) is 0 Å². The average Bonchev–Trinajstić information content (AvgIpc) is 2.79. The van der Waals surface area contributed by atoms with Crippen LogP contribution in [0.25, 0.3) is 0 Å². The van der Waals surface area contributed by atoms with Gasteiger partial charge in [-0.3, -0.25) is 4.90 Å². The Labute approximate surface area is 191 Å². The van der Waals surface area contributed by atoms with E-state index in [4.69, 9.17) is 5.26 Å². The molecule has 3 rings (SSSR count). The van der Waals surface area contributed by atoms with Crippen molar-refractivity contribution in [2.45, 2.75) is 71.0 Å². The molecule has 0 amide bonds. The van der Waals surface area contributed by atoms with Crippen molar-refractivity contribution >= 4 is 0 Å². The molecule has 2 nitrogen and oxygen atoms in total. The lowest BCUT2D eigenvalue weighted by Gasteiger charge is -2.33. The van der Waals surface area contributed by atoms with E-state index in [0.29, 0.717) is 12.8 Å². The van der Waals surface area contributed by atoms with Crippen LogP contribution in [0, 0.1) is 17.2 Å². The maximum Gasteiger partial charge on any atom is 0.392 e. The van der Waals surface area contributed by atoms with Crippen molar-refractivity contribution in [3.8, 4) is 6.07 Å². The SMILES string of the molecule is CC#N.CCN(CCCc1ccc(C2CCCCC2C(F)(F)F)cc1)Cc1ccccc1. The quantitative estimate of drug-likeness (QED) is 0.421. The van der Waals surface area contributed by atoms with Gasteiger partial charge in [-0.1, -0.05) is 74.4 Å². The minimum absolute atomic E-state index is 0.268. The first-order valence-corrected chi connectivity index (χ1v) is 11.6. The Kier molecular flexibility index (Phi) is 10.8. The van der Waals surface area contributed by atoms with Crippen LogP contribution in [0.2, 0.25) is 0 Å². The predicted molar refractivity (Wildman–Crippen MR) is 124 cm³/mol. The Morgan fingerprint density at radius 3 is 2.19 bits per heavy atom. The number of rotatable bonds is 8. The summed E-state index contributed by atoms with van der Waals surface area (Å²) in [6, 6.07) is 20.2. The standard InChI is InChI=1S/C25H32F3N.C2H3N/c1-2-29(19-21-9-4-3-5-10-21)18-8-11-20-14-16-22(17-15-20)23-12-6-7-13-24(23)25(26,27)28;1-2-3/h3-5,9-10,14-17,23-24H,2,6-8,11-13,18-19H2,1H3;1H3. The van der Waals surface area contributed by atoms with Gasteiger partial charge in [0.1, 0.15) is 0 Å². The number of halogens is 3. The smallest absolute Gasteiger partial charge is 0.299 e. The number of hydrogen-bond acceptors (Lipinski definition) is 2. The lowest BCUT2D eigenvalue weighted by atomic mass is 9.75. The molecule has 2 unspecified atom stereocenters. The van der Waals surface area contributed by atoms with Gasteiger partial charge in [0, 0.05) is 13.5 Å². The third-order valence-electron chi connectivity index (χ3n) is 6.23. The van der Waals surface area contributed by atoms with Gasteiger partial charge in [0.05, 0.1) is 12.0 Å². The second kappa shape index (κ2) is 13.3. The molecule has 0 spiro atoms. The average molecular weight is 445 g/mol. The molecule has 2 aromatic carbocycles. The molecule has 174 valence electrons. The fourth-order valence-corrected chi connectivity index (χ4v) is 4.55. The molecule has 2 aromatic rings. The third kappa shape index (κ3) is 8.31. The largest absolute Gasteiger partial charge is 0.392 e. The highest BCUT2D eigenvalue weighted by atomic mass is 19.4. The van der Waals surface area contributed by atoms with Gasteiger partial charge in [0.2, 0.25) is 0 Å². The number of nitriles is 1. The number of nitrogens with zero attached hydrogens (tertiary/aromatic N) is 2. The van der Waals surface area contributed by atoms with E-state index in [-0.39, 0.29) is 12.3 Å². The van der Waals surface area contributed by atoms with E-state index in [2.05, 4.69) is 36.1 Å². The Morgan fingerprint density at radius 1 is 0.969 bits per heavy atom. The Hall–Kier alpha value is -2.32. The van der Waals surface area contributed by atoms with Crippen LogP contribution in [0.3, 0.4) is 0 Å². The van der Waals surface area contributed by atoms with Crippen molar-refractivity contribution in [2.75, 3.05) is 13.1 Å². The molecule has 1 aliphatic rings. The van der Waals surface area contributed by atoms with Gasteiger partial charge < -0.3 is 0 Å². The monoisotopic (exact) mass is 444 g/mol. The third-order valence-corrected chi connectivity index (χ3v) is 6.23. The van der Waals surface area contributed by atoms with Crippen molar-refractivity contribution in [3.05, 3.63) is 71.3 Å². The lowest BCUT2D eigenvalue weighted by molar-refractivity contribution is -0.187. The number of aryl methyl sites for hydroxylation is 1. The van der Waals surface area contributed by atoms with E-state index in [9.17, 15) is 13.2 Å². The summed E-state index contributed by atoms with van der Waals surface area (Å²) in [5.41, 5.74) is 3.39. The molecule has 0 N–H and O–H groups in total. The summed E-state index contributed by atoms with van der Waals surface area (Å²) in [6.07, 6.45) is 0.418. The molecule has 1 fully saturated rings. The molecule has 0 bridgehead atoms. The second-order valence-corrected chi connectivity index (χ2v) is 8.46. The first kappa shape index (κ1) is 25.9. The van der Waals surface area contributed by atoms with E-state index in [1.54, 1.807) is 6.07 Å². The molecule has 1 aliphatic carbocycles. The van der Waals surface area contributed by atoms with E-state index in [1.165, 1.54) is 18.1 Å². The Bertz CT molecular complexity index is 810. The zero-order valence-electron chi connectivity index (χ0n) is 19.2. The van der Waals surface area contributed by atoms with Gasteiger partial charge in [-0.05, 0) is 61.4 Å². The van der Waals surface area contributed by atoms with Crippen LogP contribution >= 0.6 is 0 Å². The minimum atomic E-state index is -4.09. The summed E-state index contributed by atoms with van der Waals surface area (Å²) in [7, 11) is 0. The molecule has 32 heavy (non-hydrogen) atoms. The lowest BCUT2D eigenvalue weighted by Crippen LogP contribution is -2.31. The van der Waals surface area contributed by atoms with Crippen LogP contribution in [0.5, 0.6) is 0 Å². The van der Waals surface area contributed by atoms with Crippen LogP contribution in [0.1, 0.15) is 68.6 Å². The zero-order chi connectivity index (χ0) is 23.4.